The van der Waals surface area contributed by atoms with Crippen LogP contribution in [0.4, 0.5) is 0 Å². The Bertz CT molecular complexity index is 435. The zero-order valence-electron chi connectivity index (χ0n) is 12.5. The van der Waals surface area contributed by atoms with Crippen LogP contribution in [0.2, 0.25) is 0 Å². The summed E-state index contributed by atoms with van der Waals surface area (Å²) >= 11 is 0. The van der Waals surface area contributed by atoms with E-state index in [1.54, 1.807) is 0 Å². The van der Waals surface area contributed by atoms with Crippen LogP contribution in [0, 0.1) is 0 Å². The molecule has 1 aliphatic rings. The van der Waals surface area contributed by atoms with Gasteiger partial charge in [0.25, 0.3) is 5.91 Å². The van der Waals surface area contributed by atoms with Crippen LogP contribution in [-0.4, -0.2) is 41.9 Å². The van der Waals surface area contributed by atoms with Gasteiger partial charge in [-0.3, -0.25) is 4.79 Å². The Kier molecular flexibility index (Phi) is 5.49. The fourth-order valence-corrected chi connectivity index (χ4v) is 3.26. The largest absolute Gasteiger partial charge is 0.356 e. The van der Waals surface area contributed by atoms with Crippen molar-refractivity contribution in [3.8, 4) is 0 Å². The predicted molar refractivity (Wildman–Crippen MR) is 84.8 cm³/mol. The molecular weight excluding hydrogens is 270 g/mol. The Morgan fingerprint density at radius 3 is 2.65 bits per heavy atom. The molecule has 1 aromatic carbocycles. The van der Waals surface area contributed by atoms with Crippen molar-refractivity contribution in [1.29, 1.82) is 0 Å². The Morgan fingerprint density at radius 2 is 2.05 bits per heavy atom. The highest BCUT2D eigenvalue weighted by molar-refractivity contribution is 7.96. The molecule has 0 aliphatic carbocycles. The molecule has 1 fully saturated rings. The smallest absolute Gasteiger partial charge is 0.275 e. The van der Waals surface area contributed by atoms with E-state index in [0.717, 1.165) is 12.8 Å². The molecule has 0 N–H and O–H groups in total. The highest BCUT2D eigenvalue weighted by atomic mass is 32.2. The minimum atomic E-state index is -0.0544. The molecule has 0 unspecified atom stereocenters. The van der Waals surface area contributed by atoms with E-state index in [1.165, 1.54) is 5.56 Å². The predicted octanol–water partition coefficient (Wildman–Crippen LogP) is 2.59. The number of benzene rings is 1. The average molecular weight is 294 g/mol. The molecule has 3 nitrogen and oxygen atoms in total. The molecule has 2 atom stereocenters. The second kappa shape index (κ2) is 7.14. The van der Waals surface area contributed by atoms with Crippen molar-refractivity contribution < 1.29 is 9.53 Å². The minimum absolute atomic E-state index is 0.0544. The van der Waals surface area contributed by atoms with Gasteiger partial charge in [0.1, 0.15) is 6.23 Å². The molecule has 0 saturated carbocycles. The third-order valence-corrected chi connectivity index (χ3v) is 4.34. The summed E-state index contributed by atoms with van der Waals surface area (Å²) in [7, 11) is 0.121. The first-order valence-corrected chi connectivity index (χ1v) is 9.36. The van der Waals surface area contributed by atoms with Crippen LogP contribution in [0.5, 0.6) is 0 Å². The first kappa shape index (κ1) is 15.4. The normalized spacial score (nSPS) is 22.5. The molecule has 4 heteroatoms. The lowest BCUT2D eigenvalue weighted by molar-refractivity contribution is -0.135. The van der Waals surface area contributed by atoms with Gasteiger partial charge in [-0.1, -0.05) is 43.7 Å². The van der Waals surface area contributed by atoms with Gasteiger partial charge < -0.3 is 9.64 Å². The van der Waals surface area contributed by atoms with Crippen molar-refractivity contribution in [2.45, 2.75) is 32.0 Å². The van der Waals surface area contributed by atoms with E-state index in [1.807, 2.05) is 23.1 Å². The van der Waals surface area contributed by atoms with E-state index in [4.69, 9.17) is 4.74 Å². The molecule has 0 radical (unpaired) electrons. The van der Waals surface area contributed by atoms with E-state index in [9.17, 15) is 4.79 Å². The standard InChI is InChI=1S/C16H24NO2S/c1-4-8-16-17(15(18)12-20(2)3)14(11-19-16)13-9-6-5-7-10-13/h5-7,9-10,14,16H,4,8,11-12H2,1-3H3/q+1/t14-,16-/m0/s1. The number of amides is 1. The summed E-state index contributed by atoms with van der Waals surface area (Å²) < 4.78 is 5.88. The fraction of sp³-hybridized carbons (Fsp3) is 0.562. The van der Waals surface area contributed by atoms with Gasteiger partial charge in [-0.05, 0) is 22.9 Å². The molecule has 110 valence electrons. The van der Waals surface area contributed by atoms with Crippen LogP contribution in [0.1, 0.15) is 31.4 Å². The molecule has 0 aromatic heterocycles. The monoisotopic (exact) mass is 294 g/mol. The topological polar surface area (TPSA) is 29.5 Å². The summed E-state index contributed by atoms with van der Waals surface area (Å²) in [5.74, 6) is 0.843. The Morgan fingerprint density at radius 1 is 1.35 bits per heavy atom. The van der Waals surface area contributed by atoms with Crippen molar-refractivity contribution in [1.82, 2.24) is 4.90 Å². The summed E-state index contributed by atoms with van der Waals surface area (Å²) in [4.78, 5) is 14.6. The fourth-order valence-electron chi connectivity index (χ4n) is 2.62. The zero-order chi connectivity index (χ0) is 14.5. The number of carbonyl (C=O) groups is 1. The molecule has 1 amide bonds. The van der Waals surface area contributed by atoms with Crippen LogP contribution >= 0.6 is 0 Å². The van der Waals surface area contributed by atoms with Gasteiger partial charge in [-0.25, -0.2) is 0 Å². The van der Waals surface area contributed by atoms with Gasteiger partial charge in [0.05, 0.1) is 25.2 Å². The molecule has 1 heterocycles. The van der Waals surface area contributed by atoms with Crippen LogP contribution in [-0.2, 0) is 20.4 Å². The maximum Gasteiger partial charge on any atom is 0.275 e. The van der Waals surface area contributed by atoms with E-state index >= 15 is 0 Å². The van der Waals surface area contributed by atoms with Crippen LogP contribution in [0.15, 0.2) is 30.3 Å². The Labute approximate surface area is 124 Å². The van der Waals surface area contributed by atoms with Crippen molar-refractivity contribution in [2.75, 3.05) is 24.9 Å². The summed E-state index contributed by atoms with van der Waals surface area (Å²) in [6.45, 7) is 2.74. The Hall–Kier alpha value is -1.000. The molecule has 1 aliphatic heterocycles. The molecule has 0 spiro atoms. The number of hydrogen-bond donors (Lipinski definition) is 0. The first-order valence-electron chi connectivity index (χ1n) is 7.15. The van der Waals surface area contributed by atoms with Crippen LogP contribution < -0.4 is 0 Å². The molecule has 1 aromatic rings. The van der Waals surface area contributed by atoms with Crippen molar-refractivity contribution >= 4 is 16.8 Å². The minimum Gasteiger partial charge on any atom is -0.356 e. The summed E-state index contributed by atoms with van der Waals surface area (Å²) in [5, 5.41) is 0. The summed E-state index contributed by atoms with van der Waals surface area (Å²) in [5.41, 5.74) is 1.17. The van der Waals surface area contributed by atoms with Gasteiger partial charge in [0.15, 0.2) is 5.75 Å². The SMILES string of the molecule is CCC[C@@H]1OC[C@@H](c2ccccc2)N1C(=O)C[S+](C)C. The van der Waals surface area contributed by atoms with Crippen molar-refractivity contribution in [3.63, 3.8) is 0 Å². The second-order valence-electron chi connectivity index (χ2n) is 5.43. The Balaban J connectivity index is 2.20. The third-order valence-electron chi connectivity index (χ3n) is 3.51. The van der Waals surface area contributed by atoms with Gasteiger partial charge in [0, 0.05) is 0 Å². The van der Waals surface area contributed by atoms with Gasteiger partial charge >= 0.3 is 0 Å². The van der Waals surface area contributed by atoms with Crippen molar-refractivity contribution in [2.24, 2.45) is 0 Å². The molecule has 1 saturated heterocycles. The third kappa shape index (κ3) is 3.55. The number of ether oxygens (including phenoxy) is 1. The zero-order valence-corrected chi connectivity index (χ0v) is 13.4. The number of nitrogens with zero attached hydrogens (tertiary/aromatic N) is 1. The lowest BCUT2D eigenvalue weighted by atomic mass is 10.1. The highest BCUT2D eigenvalue weighted by Crippen LogP contribution is 2.32. The number of carbonyl (C=O) groups excluding carboxylic acids is 1. The van der Waals surface area contributed by atoms with Crippen LogP contribution in [0.3, 0.4) is 0 Å². The molecule has 2 rings (SSSR count). The maximum atomic E-state index is 12.6. The average Bonchev–Trinajstić information content (AvgIpc) is 2.83. The number of hydrogen-bond acceptors (Lipinski definition) is 2. The second-order valence-corrected chi connectivity index (χ2v) is 7.69. The quantitative estimate of drug-likeness (QED) is 0.781. The molecule has 0 bridgehead atoms. The van der Waals surface area contributed by atoms with Crippen LogP contribution in [0.25, 0.3) is 0 Å². The highest BCUT2D eigenvalue weighted by Gasteiger charge is 2.39. The van der Waals surface area contributed by atoms with E-state index in [2.05, 4.69) is 31.6 Å². The maximum absolute atomic E-state index is 12.6. The first-order chi connectivity index (χ1) is 9.63. The van der Waals surface area contributed by atoms with E-state index in [0.29, 0.717) is 12.4 Å². The lowest BCUT2D eigenvalue weighted by Crippen LogP contribution is -2.41. The van der Waals surface area contributed by atoms with E-state index in [-0.39, 0.29) is 29.1 Å². The van der Waals surface area contributed by atoms with Crippen molar-refractivity contribution in [3.05, 3.63) is 35.9 Å². The van der Waals surface area contributed by atoms with Gasteiger partial charge in [0.2, 0.25) is 0 Å². The summed E-state index contributed by atoms with van der Waals surface area (Å²) in [6.07, 6.45) is 6.11. The molecule has 20 heavy (non-hydrogen) atoms. The van der Waals surface area contributed by atoms with Gasteiger partial charge in [-0.15, -0.1) is 0 Å². The number of rotatable bonds is 5. The van der Waals surface area contributed by atoms with E-state index < -0.39 is 0 Å². The van der Waals surface area contributed by atoms with Gasteiger partial charge in [-0.2, -0.15) is 0 Å². The molecular formula is C16H24NO2S+. The lowest BCUT2D eigenvalue weighted by Gasteiger charge is -2.27. The summed E-state index contributed by atoms with van der Waals surface area (Å²) in [6, 6.07) is 10.3.